The van der Waals surface area contributed by atoms with Crippen LogP contribution in [0.15, 0.2) is 0 Å². The van der Waals surface area contributed by atoms with Gasteiger partial charge in [0.15, 0.2) is 0 Å². The normalized spacial score (nSPS) is 38.8. The molecule has 0 aromatic carbocycles. The second-order valence-corrected chi connectivity index (χ2v) is 6.25. The molecule has 0 aromatic rings. The lowest BCUT2D eigenvalue weighted by atomic mass is 9.79. The SMILES string of the molecule is CC1CCC(NC2CCN(C)CC2)C(C)C1. The summed E-state index contributed by atoms with van der Waals surface area (Å²) >= 11 is 0. The van der Waals surface area contributed by atoms with Crippen LogP contribution in [0.2, 0.25) is 0 Å². The van der Waals surface area contributed by atoms with Crippen molar-refractivity contribution in [1.82, 2.24) is 10.2 Å². The molecule has 16 heavy (non-hydrogen) atoms. The molecule has 1 aliphatic heterocycles. The van der Waals surface area contributed by atoms with E-state index in [0.717, 1.165) is 23.9 Å². The van der Waals surface area contributed by atoms with Gasteiger partial charge < -0.3 is 10.2 Å². The van der Waals surface area contributed by atoms with E-state index in [1.54, 1.807) is 0 Å². The van der Waals surface area contributed by atoms with Crippen molar-refractivity contribution in [3.05, 3.63) is 0 Å². The molecule has 0 radical (unpaired) electrons. The molecule has 1 heterocycles. The van der Waals surface area contributed by atoms with Crippen molar-refractivity contribution in [3.8, 4) is 0 Å². The first kappa shape index (κ1) is 12.4. The molecule has 1 saturated carbocycles. The summed E-state index contributed by atoms with van der Waals surface area (Å²) in [4.78, 5) is 2.45. The minimum Gasteiger partial charge on any atom is -0.311 e. The Hall–Kier alpha value is -0.0800. The van der Waals surface area contributed by atoms with Gasteiger partial charge in [0, 0.05) is 12.1 Å². The van der Waals surface area contributed by atoms with Gasteiger partial charge >= 0.3 is 0 Å². The van der Waals surface area contributed by atoms with Crippen molar-refractivity contribution >= 4 is 0 Å². The minimum atomic E-state index is 0.789. The zero-order valence-corrected chi connectivity index (χ0v) is 11.2. The Morgan fingerprint density at radius 1 is 1.00 bits per heavy atom. The van der Waals surface area contributed by atoms with Crippen molar-refractivity contribution in [1.29, 1.82) is 0 Å². The summed E-state index contributed by atoms with van der Waals surface area (Å²) in [6.07, 6.45) is 6.93. The third-order valence-electron chi connectivity index (χ3n) is 4.60. The van der Waals surface area contributed by atoms with Gasteiger partial charge in [0.05, 0.1) is 0 Å². The number of nitrogens with one attached hydrogen (secondary N) is 1. The molecule has 94 valence electrons. The van der Waals surface area contributed by atoms with Crippen molar-refractivity contribution in [3.63, 3.8) is 0 Å². The van der Waals surface area contributed by atoms with E-state index in [1.165, 1.54) is 45.2 Å². The van der Waals surface area contributed by atoms with E-state index in [-0.39, 0.29) is 0 Å². The lowest BCUT2D eigenvalue weighted by Gasteiger charge is -2.38. The highest BCUT2D eigenvalue weighted by Gasteiger charge is 2.27. The summed E-state index contributed by atoms with van der Waals surface area (Å²) < 4.78 is 0. The average Bonchev–Trinajstić information content (AvgIpc) is 2.25. The predicted molar refractivity (Wildman–Crippen MR) is 69.6 cm³/mol. The first-order valence-corrected chi connectivity index (χ1v) is 7.09. The fourth-order valence-electron chi connectivity index (χ4n) is 3.39. The van der Waals surface area contributed by atoms with E-state index >= 15 is 0 Å². The molecule has 1 saturated heterocycles. The first-order valence-electron chi connectivity index (χ1n) is 7.09. The fraction of sp³-hybridized carbons (Fsp3) is 1.00. The van der Waals surface area contributed by atoms with E-state index in [1.807, 2.05) is 0 Å². The molecule has 2 heteroatoms. The lowest BCUT2D eigenvalue weighted by Crippen LogP contribution is -2.48. The van der Waals surface area contributed by atoms with Crippen LogP contribution in [0.3, 0.4) is 0 Å². The molecular formula is C14H28N2. The van der Waals surface area contributed by atoms with Crippen molar-refractivity contribution in [2.24, 2.45) is 11.8 Å². The predicted octanol–water partition coefficient (Wildman–Crippen LogP) is 2.49. The third-order valence-corrected chi connectivity index (χ3v) is 4.60. The zero-order chi connectivity index (χ0) is 11.5. The standard InChI is InChI=1S/C14H28N2/c1-11-4-5-14(12(2)10-11)15-13-6-8-16(3)9-7-13/h11-15H,4-10H2,1-3H3. The van der Waals surface area contributed by atoms with Gasteiger partial charge in [0.1, 0.15) is 0 Å². The number of hydrogen-bond acceptors (Lipinski definition) is 2. The highest BCUT2D eigenvalue weighted by molar-refractivity contribution is 4.85. The maximum absolute atomic E-state index is 3.92. The number of rotatable bonds is 2. The summed E-state index contributed by atoms with van der Waals surface area (Å²) in [6, 6.07) is 1.58. The molecule has 2 rings (SSSR count). The molecule has 0 spiro atoms. The van der Waals surface area contributed by atoms with E-state index in [0.29, 0.717) is 0 Å². The van der Waals surface area contributed by atoms with Gasteiger partial charge in [-0.25, -0.2) is 0 Å². The fourth-order valence-corrected chi connectivity index (χ4v) is 3.39. The first-order chi connectivity index (χ1) is 7.65. The van der Waals surface area contributed by atoms with Crippen molar-refractivity contribution in [2.45, 2.75) is 58.0 Å². The van der Waals surface area contributed by atoms with Crippen LogP contribution in [0, 0.1) is 11.8 Å². The number of hydrogen-bond donors (Lipinski definition) is 1. The molecule has 2 fully saturated rings. The van der Waals surface area contributed by atoms with Crippen LogP contribution in [0.1, 0.15) is 46.0 Å². The minimum absolute atomic E-state index is 0.789. The molecule has 3 unspecified atom stereocenters. The largest absolute Gasteiger partial charge is 0.311 e. The van der Waals surface area contributed by atoms with E-state index in [4.69, 9.17) is 0 Å². The summed E-state index contributed by atoms with van der Waals surface area (Å²) in [5.41, 5.74) is 0. The van der Waals surface area contributed by atoms with Crippen LogP contribution >= 0.6 is 0 Å². The van der Waals surface area contributed by atoms with E-state index in [2.05, 4.69) is 31.1 Å². The molecular weight excluding hydrogens is 196 g/mol. The lowest BCUT2D eigenvalue weighted by molar-refractivity contribution is 0.174. The molecule has 0 bridgehead atoms. The molecule has 2 aliphatic rings. The van der Waals surface area contributed by atoms with Crippen LogP contribution in [0.5, 0.6) is 0 Å². The topological polar surface area (TPSA) is 15.3 Å². The Balaban J connectivity index is 1.76. The monoisotopic (exact) mass is 224 g/mol. The summed E-state index contributed by atoms with van der Waals surface area (Å²) in [6.45, 7) is 7.38. The maximum Gasteiger partial charge on any atom is 0.00955 e. The Labute approximate surface area is 101 Å². The molecule has 3 atom stereocenters. The Bertz CT molecular complexity index is 209. The van der Waals surface area contributed by atoms with Gasteiger partial charge in [0.25, 0.3) is 0 Å². The highest BCUT2D eigenvalue weighted by atomic mass is 15.1. The quantitative estimate of drug-likeness (QED) is 0.775. The molecule has 0 aromatic heterocycles. The molecule has 0 amide bonds. The van der Waals surface area contributed by atoms with Gasteiger partial charge in [-0.05, 0) is 64.1 Å². The van der Waals surface area contributed by atoms with Crippen molar-refractivity contribution in [2.75, 3.05) is 20.1 Å². The van der Waals surface area contributed by atoms with Gasteiger partial charge in [0.2, 0.25) is 0 Å². The second kappa shape index (κ2) is 5.50. The Kier molecular flexibility index (Phi) is 4.26. The summed E-state index contributed by atoms with van der Waals surface area (Å²) in [5, 5.41) is 3.92. The maximum atomic E-state index is 3.92. The van der Waals surface area contributed by atoms with Crippen LogP contribution < -0.4 is 5.32 Å². The summed E-state index contributed by atoms with van der Waals surface area (Å²) in [7, 11) is 2.24. The van der Waals surface area contributed by atoms with Gasteiger partial charge in [-0.3, -0.25) is 0 Å². The van der Waals surface area contributed by atoms with Crippen molar-refractivity contribution < 1.29 is 0 Å². The summed E-state index contributed by atoms with van der Waals surface area (Å²) in [5.74, 6) is 1.83. The van der Waals surface area contributed by atoms with E-state index < -0.39 is 0 Å². The van der Waals surface area contributed by atoms with Gasteiger partial charge in [-0.2, -0.15) is 0 Å². The molecule has 1 aliphatic carbocycles. The highest BCUT2D eigenvalue weighted by Crippen LogP contribution is 2.29. The smallest absolute Gasteiger partial charge is 0.00955 e. The molecule has 1 N–H and O–H groups in total. The third kappa shape index (κ3) is 3.21. The van der Waals surface area contributed by atoms with Crippen LogP contribution in [-0.4, -0.2) is 37.1 Å². The average molecular weight is 224 g/mol. The zero-order valence-electron chi connectivity index (χ0n) is 11.2. The van der Waals surface area contributed by atoms with Crippen LogP contribution in [-0.2, 0) is 0 Å². The molecule has 2 nitrogen and oxygen atoms in total. The number of nitrogens with zero attached hydrogens (tertiary/aromatic N) is 1. The van der Waals surface area contributed by atoms with Gasteiger partial charge in [-0.1, -0.05) is 13.8 Å². The Morgan fingerprint density at radius 2 is 1.69 bits per heavy atom. The van der Waals surface area contributed by atoms with E-state index in [9.17, 15) is 0 Å². The number of likely N-dealkylation sites (tertiary alicyclic amines) is 1. The Morgan fingerprint density at radius 3 is 2.31 bits per heavy atom. The van der Waals surface area contributed by atoms with Gasteiger partial charge in [-0.15, -0.1) is 0 Å². The number of piperidine rings is 1. The van der Waals surface area contributed by atoms with Crippen LogP contribution in [0.25, 0.3) is 0 Å². The second-order valence-electron chi connectivity index (χ2n) is 6.25. The van der Waals surface area contributed by atoms with Crippen LogP contribution in [0.4, 0.5) is 0 Å².